The molecule has 6 nitrogen and oxygen atoms in total. The number of rotatable bonds is 9. The predicted molar refractivity (Wildman–Crippen MR) is 139 cm³/mol. The van der Waals surface area contributed by atoms with Gasteiger partial charge in [0.15, 0.2) is 5.76 Å². The smallest absolute Gasteiger partial charge is 0.291 e. The average molecular weight is 482 g/mol. The van der Waals surface area contributed by atoms with E-state index in [-0.39, 0.29) is 17.1 Å². The summed E-state index contributed by atoms with van der Waals surface area (Å²) in [6, 6.07) is 16.0. The molecule has 0 aliphatic carbocycles. The fourth-order valence-electron chi connectivity index (χ4n) is 4.31. The first kappa shape index (κ1) is 25.4. The van der Waals surface area contributed by atoms with Gasteiger partial charge in [0.2, 0.25) is 0 Å². The number of amides is 1. The maximum absolute atomic E-state index is 12.8. The number of methoxy groups -OCH3 is 2. The molecule has 1 aromatic heterocycles. The van der Waals surface area contributed by atoms with Gasteiger partial charge in [0, 0.05) is 14.1 Å². The summed E-state index contributed by atoms with van der Waals surface area (Å²) in [4.78, 5) is 12.8. The molecule has 0 radical (unpaired) electrons. The third kappa shape index (κ3) is 6.02. The topological polar surface area (TPSA) is 69.9 Å². The largest absolute Gasteiger partial charge is 0.494 e. The molecule has 0 bridgehead atoms. The van der Waals surface area contributed by atoms with Crippen molar-refractivity contribution in [1.82, 2.24) is 0 Å². The zero-order valence-corrected chi connectivity index (χ0v) is 22.4. The van der Waals surface area contributed by atoms with Crippen molar-refractivity contribution in [3.63, 3.8) is 0 Å². The van der Waals surface area contributed by atoms with Crippen LogP contribution in [0.2, 0.25) is 25.7 Å². The standard InChI is InChI=1S/C27H35NO5Si/c1-18-12-13-19(27(2,3)17-34(6,7)8)16-23(18)33-24-15-14-22(32-24)26(29)28-25-20(30-4)10-9-11-21(25)31-5/h9-16H,17H2,1-8H3,(H,28,29). The van der Waals surface area contributed by atoms with E-state index in [2.05, 4.69) is 57.0 Å². The maximum atomic E-state index is 12.8. The van der Waals surface area contributed by atoms with Crippen LogP contribution < -0.4 is 19.5 Å². The molecule has 0 saturated heterocycles. The normalized spacial score (nSPS) is 11.8. The van der Waals surface area contributed by atoms with Gasteiger partial charge in [0.1, 0.15) is 22.9 Å². The van der Waals surface area contributed by atoms with E-state index in [4.69, 9.17) is 18.6 Å². The van der Waals surface area contributed by atoms with Gasteiger partial charge in [0.05, 0.1) is 14.2 Å². The minimum atomic E-state index is -1.26. The van der Waals surface area contributed by atoms with Crippen molar-refractivity contribution in [2.45, 2.75) is 51.9 Å². The van der Waals surface area contributed by atoms with Crippen molar-refractivity contribution >= 4 is 19.7 Å². The molecule has 1 N–H and O–H groups in total. The molecule has 7 heteroatoms. The van der Waals surface area contributed by atoms with Crippen molar-refractivity contribution < 1.29 is 23.4 Å². The van der Waals surface area contributed by atoms with E-state index in [1.165, 1.54) is 25.8 Å². The van der Waals surface area contributed by atoms with Gasteiger partial charge >= 0.3 is 0 Å². The first-order valence-corrected chi connectivity index (χ1v) is 15.1. The predicted octanol–water partition coefficient (Wildman–Crippen LogP) is 7.27. The van der Waals surface area contributed by atoms with Crippen LogP contribution >= 0.6 is 0 Å². The third-order valence-electron chi connectivity index (χ3n) is 5.62. The Balaban J connectivity index is 1.80. The summed E-state index contributed by atoms with van der Waals surface area (Å²) < 4.78 is 22.5. The van der Waals surface area contributed by atoms with E-state index in [1.54, 1.807) is 30.3 Å². The monoisotopic (exact) mass is 481 g/mol. The molecule has 0 aliphatic rings. The minimum Gasteiger partial charge on any atom is -0.494 e. The fraction of sp³-hybridized carbons (Fsp3) is 0.370. The first-order chi connectivity index (χ1) is 15.9. The van der Waals surface area contributed by atoms with Crippen LogP contribution in [-0.2, 0) is 5.41 Å². The summed E-state index contributed by atoms with van der Waals surface area (Å²) in [6.07, 6.45) is 0. The van der Waals surface area contributed by atoms with Crippen LogP contribution in [0.1, 0.15) is 35.5 Å². The van der Waals surface area contributed by atoms with E-state index in [0.29, 0.717) is 22.9 Å². The number of carbonyl (C=O) groups is 1. The summed E-state index contributed by atoms with van der Waals surface area (Å²) in [5.74, 6) is 1.64. The van der Waals surface area contributed by atoms with E-state index in [1.807, 2.05) is 6.92 Å². The van der Waals surface area contributed by atoms with Gasteiger partial charge in [-0.15, -0.1) is 0 Å². The summed E-state index contributed by atoms with van der Waals surface area (Å²) in [5, 5.41) is 2.80. The lowest BCUT2D eigenvalue weighted by molar-refractivity contribution is 0.0991. The second-order valence-corrected chi connectivity index (χ2v) is 15.8. The number of hydrogen-bond acceptors (Lipinski definition) is 5. The zero-order chi connectivity index (χ0) is 25.1. The Bertz CT molecular complexity index is 1140. The Morgan fingerprint density at radius 3 is 2.21 bits per heavy atom. The molecule has 1 amide bonds. The number of nitrogens with one attached hydrogen (secondary N) is 1. The van der Waals surface area contributed by atoms with E-state index >= 15 is 0 Å². The minimum absolute atomic E-state index is 0.0400. The summed E-state index contributed by atoms with van der Waals surface area (Å²) in [7, 11) is 1.81. The number of carbonyl (C=O) groups excluding carboxylic acids is 1. The Morgan fingerprint density at radius 2 is 1.62 bits per heavy atom. The van der Waals surface area contributed by atoms with Crippen molar-refractivity contribution in [3.05, 3.63) is 65.4 Å². The van der Waals surface area contributed by atoms with Gasteiger partial charge in [0.25, 0.3) is 11.9 Å². The first-order valence-electron chi connectivity index (χ1n) is 11.3. The van der Waals surface area contributed by atoms with Crippen LogP contribution in [0.3, 0.4) is 0 Å². The molecule has 0 atom stereocenters. The van der Waals surface area contributed by atoms with Crippen LogP contribution in [0.4, 0.5) is 5.69 Å². The van der Waals surface area contributed by atoms with Crippen LogP contribution in [0.15, 0.2) is 52.9 Å². The molecule has 0 spiro atoms. The zero-order valence-electron chi connectivity index (χ0n) is 21.4. The van der Waals surface area contributed by atoms with E-state index in [0.717, 1.165) is 5.56 Å². The molecule has 3 aromatic rings. The van der Waals surface area contributed by atoms with Gasteiger partial charge < -0.3 is 23.9 Å². The number of aryl methyl sites for hydroxylation is 1. The lowest BCUT2D eigenvalue weighted by Gasteiger charge is -2.32. The highest BCUT2D eigenvalue weighted by atomic mass is 28.3. The number of ether oxygens (including phenoxy) is 3. The number of benzene rings is 2. The number of furan rings is 1. The molecule has 0 saturated carbocycles. The van der Waals surface area contributed by atoms with Crippen molar-refractivity contribution in [2.75, 3.05) is 19.5 Å². The lowest BCUT2D eigenvalue weighted by atomic mass is 9.86. The van der Waals surface area contributed by atoms with Crippen molar-refractivity contribution in [3.8, 4) is 23.2 Å². The molecular formula is C27H35NO5Si. The second kappa shape index (κ2) is 9.97. The fourth-order valence-corrected chi connectivity index (χ4v) is 7.17. The molecule has 182 valence electrons. The third-order valence-corrected chi connectivity index (χ3v) is 7.57. The SMILES string of the molecule is COc1cccc(OC)c1NC(=O)c1ccc(Oc2cc(C(C)(C)C[Si](C)(C)C)ccc2C)o1. The van der Waals surface area contributed by atoms with Crippen LogP contribution in [0, 0.1) is 6.92 Å². The quantitative estimate of drug-likeness (QED) is 0.326. The van der Waals surface area contributed by atoms with Crippen LogP contribution in [0.5, 0.6) is 23.2 Å². The molecule has 34 heavy (non-hydrogen) atoms. The maximum Gasteiger partial charge on any atom is 0.291 e. The van der Waals surface area contributed by atoms with E-state index < -0.39 is 14.0 Å². The molecule has 0 fully saturated rings. The highest BCUT2D eigenvalue weighted by molar-refractivity contribution is 6.76. The Labute approximate surface area is 203 Å². The Hall–Kier alpha value is -3.19. The molecule has 2 aromatic carbocycles. The summed E-state index contributed by atoms with van der Waals surface area (Å²) in [6.45, 7) is 13.7. The highest BCUT2D eigenvalue weighted by Gasteiger charge is 2.29. The lowest BCUT2D eigenvalue weighted by Crippen LogP contribution is -2.31. The Kier molecular flexibility index (Phi) is 7.46. The molecular weight excluding hydrogens is 446 g/mol. The molecule has 0 aliphatic heterocycles. The number of hydrogen-bond donors (Lipinski definition) is 1. The highest BCUT2D eigenvalue weighted by Crippen LogP contribution is 2.37. The number of para-hydroxylation sites is 1. The van der Waals surface area contributed by atoms with E-state index in [9.17, 15) is 4.79 Å². The Morgan fingerprint density at radius 1 is 0.971 bits per heavy atom. The van der Waals surface area contributed by atoms with Crippen molar-refractivity contribution in [2.24, 2.45) is 0 Å². The van der Waals surface area contributed by atoms with Gasteiger partial charge in [-0.3, -0.25) is 4.79 Å². The molecule has 1 heterocycles. The number of anilines is 1. The van der Waals surface area contributed by atoms with Gasteiger partial charge in [-0.05, 0) is 53.8 Å². The second-order valence-electron chi connectivity index (χ2n) is 10.3. The summed E-state index contributed by atoms with van der Waals surface area (Å²) >= 11 is 0. The van der Waals surface area contributed by atoms with Crippen LogP contribution in [-0.4, -0.2) is 28.2 Å². The molecule has 0 unspecified atom stereocenters. The summed E-state index contributed by atoms with van der Waals surface area (Å²) in [5.41, 5.74) is 2.69. The van der Waals surface area contributed by atoms with Gasteiger partial charge in [-0.2, -0.15) is 0 Å². The molecule has 3 rings (SSSR count). The van der Waals surface area contributed by atoms with Crippen LogP contribution in [0.25, 0.3) is 0 Å². The van der Waals surface area contributed by atoms with Gasteiger partial charge in [-0.25, -0.2) is 0 Å². The van der Waals surface area contributed by atoms with Crippen molar-refractivity contribution in [1.29, 1.82) is 0 Å². The average Bonchev–Trinajstić information content (AvgIpc) is 3.22. The van der Waals surface area contributed by atoms with Gasteiger partial charge in [-0.1, -0.05) is 51.7 Å².